The lowest BCUT2D eigenvalue weighted by Gasteiger charge is -2.24. The van der Waals surface area contributed by atoms with E-state index in [0.29, 0.717) is 26.1 Å². The van der Waals surface area contributed by atoms with Gasteiger partial charge in [0.1, 0.15) is 11.6 Å². The van der Waals surface area contributed by atoms with Crippen molar-refractivity contribution in [1.82, 2.24) is 4.90 Å². The zero-order valence-electron chi connectivity index (χ0n) is 17.7. The number of rotatable bonds is 11. The molecular formula is C21H35NO5. The summed E-state index contributed by atoms with van der Waals surface area (Å²) in [6.07, 6.45) is 1.16. The van der Waals surface area contributed by atoms with Crippen molar-refractivity contribution in [3.8, 4) is 0 Å². The van der Waals surface area contributed by atoms with Gasteiger partial charge in [0.15, 0.2) is 0 Å². The normalized spacial score (nSPS) is 19.1. The van der Waals surface area contributed by atoms with Crippen molar-refractivity contribution in [3.05, 3.63) is 0 Å². The molecule has 0 radical (unpaired) electrons. The Hall–Kier alpha value is -1.56. The standard InChI is InChI=1S/C21H35NO5/c1-14(2)18(24)8-10-27-13-15(3)11-16(23)7-9-22-19(25)12-17(20(22)26)21(4,5)6/h14-15,17H,7-13H2,1-6H3. The van der Waals surface area contributed by atoms with Crippen molar-refractivity contribution in [2.24, 2.45) is 23.2 Å². The quantitative estimate of drug-likeness (QED) is 0.406. The highest BCUT2D eigenvalue weighted by atomic mass is 16.5. The fourth-order valence-corrected chi connectivity index (χ4v) is 3.13. The second-order valence-electron chi connectivity index (χ2n) is 9.05. The lowest BCUT2D eigenvalue weighted by Crippen LogP contribution is -2.35. The third-order valence-electron chi connectivity index (χ3n) is 5.02. The second kappa shape index (κ2) is 10.1. The number of hydrogen-bond donors (Lipinski definition) is 0. The zero-order chi connectivity index (χ0) is 20.8. The van der Waals surface area contributed by atoms with Gasteiger partial charge in [0.25, 0.3) is 0 Å². The first-order chi connectivity index (χ1) is 12.4. The van der Waals surface area contributed by atoms with Crippen LogP contribution in [-0.2, 0) is 23.9 Å². The van der Waals surface area contributed by atoms with Crippen LogP contribution in [0, 0.1) is 23.2 Å². The lowest BCUT2D eigenvalue weighted by molar-refractivity contribution is -0.140. The van der Waals surface area contributed by atoms with Crippen LogP contribution in [-0.4, -0.2) is 48.0 Å². The molecule has 0 aliphatic carbocycles. The molecule has 1 aliphatic heterocycles. The second-order valence-corrected chi connectivity index (χ2v) is 9.05. The molecule has 0 aromatic heterocycles. The van der Waals surface area contributed by atoms with Crippen molar-refractivity contribution < 1.29 is 23.9 Å². The van der Waals surface area contributed by atoms with E-state index in [2.05, 4.69) is 0 Å². The van der Waals surface area contributed by atoms with Gasteiger partial charge in [-0.05, 0) is 11.3 Å². The van der Waals surface area contributed by atoms with Gasteiger partial charge in [0, 0.05) is 44.8 Å². The number of ketones is 2. The van der Waals surface area contributed by atoms with Crippen LogP contribution in [0.15, 0.2) is 0 Å². The van der Waals surface area contributed by atoms with Crippen LogP contribution >= 0.6 is 0 Å². The Bertz CT molecular complexity index is 561. The average molecular weight is 382 g/mol. The van der Waals surface area contributed by atoms with Gasteiger partial charge in [0.05, 0.1) is 12.5 Å². The van der Waals surface area contributed by atoms with E-state index in [0.717, 1.165) is 0 Å². The van der Waals surface area contributed by atoms with Crippen LogP contribution in [0.5, 0.6) is 0 Å². The zero-order valence-corrected chi connectivity index (χ0v) is 17.7. The number of carbonyl (C=O) groups is 4. The van der Waals surface area contributed by atoms with Gasteiger partial charge in [-0.15, -0.1) is 0 Å². The Morgan fingerprint density at radius 2 is 1.78 bits per heavy atom. The topological polar surface area (TPSA) is 80.8 Å². The minimum absolute atomic E-state index is 0.0153. The number of nitrogens with zero attached hydrogens (tertiary/aromatic N) is 1. The molecule has 2 unspecified atom stereocenters. The molecule has 0 spiro atoms. The SMILES string of the molecule is CC(COCCC(=O)C(C)C)CC(=O)CCN1C(=O)CC(C(C)(C)C)C1=O. The first kappa shape index (κ1) is 23.5. The molecule has 0 N–H and O–H groups in total. The van der Waals surface area contributed by atoms with Crippen LogP contribution < -0.4 is 0 Å². The van der Waals surface area contributed by atoms with Crippen LogP contribution in [0.4, 0.5) is 0 Å². The molecule has 6 nitrogen and oxygen atoms in total. The highest BCUT2D eigenvalue weighted by molar-refractivity contribution is 6.04. The first-order valence-corrected chi connectivity index (χ1v) is 9.89. The molecule has 154 valence electrons. The van der Waals surface area contributed by atoms with Crippen molar-refractivity contribution >= 4 is 23.4 Å². The molecule has 2 atom stereocenters. The van der Waals surface area contributed by atoms with Gasteiger partial charge >= 0.3 is 0 Å². The molecule has 1 rings (SSSR count). The molecule has 1 aliphatic rings. The number of imide groups is 1. The molecule has 0 bridgehead atoms. The van der Waals surface area contributed by atoms with Gasteiger partial charge in [-0.1, -0.05) is 41.5 Å². The van der Waals surface area contributed by atoms with Gasteiger partial charge < -0.3 is 4.74 Å². The number of amides is 2. The molecule has 6 heteroatoms. The Morgan fingerprint density at radius 1 is 1.15 bits per heavy atom. The highest BCUT2D eigenvalue weighted by Crippen LogP contribution is 2.35. The maximum Gasteiger partial charge on any atom is 0.233 e. The first-order valence-electron chi connectivity index (χ1n) is 9.89. The van der Waals surface area contributed by atoms with E-state index in [1.165, 1.54) is 4.90 Å². The maximum absolute atomic E-state index is 12.4. The van der Waals surface area contributed by atoms with E-state index in [-0.39, 0.29) is 65.9 Å². The minimum Gasteiger partial charge on any atom is -0.381 e. The summed E-state index contributed by atoms with van der Waals surface area (Å²) in [6, 6.07) is 0. The summed E-state index contributed by atoms with van der Waals surface area (Å²) in [5.74, 6) is -0.400. The van der Waals surface area contributed by atoms with E-state index in [1.807, 2.05) is 41.5 Å². The summed E-state index contributed by atoms with van der Waals surface area (Å²) in [5, 5.41) is 0. The highest BCUT2D eigenvalue weighted by Gasteiger charge is 2.44. The summed E-state index contributed by atoms with van der Waals surface area (Å²) in [4.78, 5) is 49.5. The molecule has 0 aromatic carbocycles. The van der Waals surface area contributed by atoms with E-state index in [4.69, 9.17) is 4.74 Å². The lowest BCUT2D eigenvalue weighted by atomic mass is 9.80. The molecule has 2 amide bonds. The van der Waals surface area contributed by atoms with Crippen LogP contribution in [0.3, 0.4) is 0 Å². The molecule has 1 heterocycles. The number of carbonyl (C=O) groups excluding carboxylic acids is 4. The molecule has 27 heavy (non-hydrogen) atoms. The monoisotopic (exact) mass is 381 g/mol. The third kappa shape index (κ3) is 7.53. The Labute approximate surface area is 163 Å². The van der Waals surface area contributed by atoms with E-state index >= 15 is 0 Å². The average Bonchev–Trinajstić information content (AvgIpc) is 2.83. The summed E-state index contributed by atoms with van der Waals surface area (Å²) in [6.45, 7) is 12.5. The van der Waals surface area contributed by atoms with Gasteiger partial charge in [-0.2, -0.15) is 0 Å². The van der Waals surface area contributed by atoms with Crippen molar-refractivity contribution in [2.45, 2.75) is 67.2 Å². The van der Waals surface area contributed by atoms with E-state index < -0.39 is 0 Å². The Kier molecular flexibility index (Phi) is 8.79. The molecule has 1 saturated heterocycles. The van der Waals surface area contributed by atoms with Crippen LogP contribution in [0.1, 0.15) is 67.2 Å². The Balaban J connectivity index is 2.31. The van der Waals surface area contributed by atoms with Gasteiger partial charge in [0.2, 0.25) is 11.8 Å². The largest absolute Gasteiger partial charge is 0.381 e. The number of hydrogen-bond acceptors (Lipinski definition) is 5. The molecule has 0 saturated carbocycles. The van der Waals surface area contributed by atoms with Crippen molar-refractivity contribution in [1.29, 1.82) is 0 Å². The van der Waals surface area contributed by atoms with E-state index in [9.17, 15) is 19.2 Å². The fraction of sp³-hybridized carbons (Fsp3) is 0.810. The molecular weight excluding hydrogens is 346 g/mol. The predicted octanol–water partition coefficient (Wildman–Crippen LogP) is 3.02. The fourth-order valence-electron chi connectivity index (χ4n) is 3.13. The molecule has 1 fully saturated rings. The summed E-state index contributed by atoms with van der Waals surface area (Å²) >= 11 is 0. The van der Waals surface area contributed by atoms with Gasteiger partial charge in [-0.25, -0.2) is 0 Å². The molecule has 0 aromatic rings. The van der Waals surface area contributed by atoms with Crippen molar-refractivity contribution in [2.75, 3.05) is 19.8 Å². The number of likely N-dealkylation sites (tertiary alicyclic amines) is 1. The smallest absolute Gasteiger partial charge is 0.233 e. The van der Waals surface area contributed by atoms with Crippen molar-refractivity contribution in [3.63, 3.8) is 0 Å². The minimum atomic E-state index is -0.305. The summed E-state index contributed by atoms with van der Waals surface area (Å²) in [5.41, 5.74) is -0.256. The summed E-state index contributed by atoms with van der Waals surface area (Å²) < 4.78 is 5.49. The predicted molar refractivity (Wildman–Crippen MR) is 103 cm³/mol. The Morgan fingerprint density at radius 3 is 2.30 bits per heavy atom. The number of ether oxygens (including phenoxy) is 1. The third-order valence-corrected chi connectivity index (χ3v) is 5.02. The number of Topliss-reactive ketones (excluding diaryl/α,β-unsaturated/α-hetero) is 2. The summed E-state index contributed by atoms with van der Waals surface area (Å²) in [7, 11) is 0. The van der Waals surface area contributed by atoms with Crippen LogP contribution in [0.2, 0.25) is 0 Å². The maximum atomic E-state index is 12.4. The van der Waals surface area contributed by atoms with Gasteiger partial charge in [-0.3, -0.25) is 24.1 Å². The van der Waals surface area contributed by atoms with E-state index in [1.54, 1.807) is 0 Å². The van der Waals surface area contributed by atoms with Crippen LogP contribution in [0.25, 0.3) is 0 Å².